The molecule has 4 fully saturated rings. The van der Waals surface area contributed by atoms with Crippen LogP contribution in [0.15, 0.2) is 36.4 Å². The van der Waals surface area contributed by atoms with Gasteiger partial charge in [-0.3, -0.25) is 0 Å². The van der Waals surface area contributed by atoms with E-state index in [4.69, 9.17) is 4.43 Å². The first kappa shape index (κ1) is 24.7. The number of carboxylic acid groups (broad SMARTS) is 1. The van der Waals surface area contributed by atoms with E-state index in [2.05, 4.69) is 57.2 Å². The minimum absolute atomic E-state index is 0.00214. The van der Waals surface area contributed by atoms with Crippen molar-refractivity contribution in [3.8, 4) is 16.9 Å². The van der Waals surface area contributed by atoms with Crippen molar-refractivity contribution in [3.63, 3.8) is 0 Å². The predicted octanol–water partition coefficient (Wildman–Crippen LogP) is 8.05. The van der Waals surface area contributed by atoms with Gasteiger partial charge < -0.3 is 9.53 Å². The first-order valence-electron chi connectivity index (χ1n) is 13.8. The second-order valence-corrected chi connectivity index (χ2v) is 13.5. The summed E-state index contributed by atoms with van der Waals surface area (Å²) >= 11 is 0. The second-order valence-electron chi connectivity index (χ2n) is 13.3. The molecule has 4 saturated carbocycles. The van der Waals surface area contributed by atoms with Gasteiger partial charge in [0.15, 0.2) is 0 Å². The van der Waals surface area contributed by atoms with Crippen molar-refractivity contribution < 1.29 is 14.3 Å². The summed E-state index contributed by atoms with van der Waals surface area (Å²) in [4.78, 5) is 11.5. The molecule has 1 N–H and O–H groups in total. The van der Waals surface area contributed by atoms with Gasteiger partial charge in [0.1, 0.15) is 5.75 Å². The fraction of sp³-hybridized carbons (Fsp3) is 0.485. The fourth-order valence-corrected chi connectivity index (χ4v) is 9.02. The van der Waals surface area contributed by atoms with E-state index in [1.807, 2.05) is 12.1 Å². The highest BCUT2D eigenvalue weighted by molar-refractivity contribution is 6.02. The van der Waals surface area contributed by atoms with Gasteiger partial charge in [-0.2, -0.15) is 0 Å². The Hall–Kier alpha value is -2.59. The van der Waals surface area contributed by atoms with Gasteiger partial charge in [-0.1, -0.05) is 39.0 Å². The van der Waals surface area contributed by atoms with Gasteiger partial charge in [0.2, 0.25) is 0 Å². The summed E-state index contributed by atoms with van der Waals surface area (Å²) in [5.41, 5.74) is 8.34. The van der Waals surface area contributed by atoms with Crippen molar-refractivity contribution in [2.75, 3.05) is 0 Å². The number of hydrogen-bond acceptors (Lipinski definition) is 2. The number of rotatable bonds is 4. The number of hydrogen-bond donors (Lipinski definition) is 1. The Balaban J connectivity index is 1.62. The van der Waals surface area contributed by atoms with Crippen molar-refractivity contribution in [1.29, 1.82) is 0 Å². The van der Waals surface area contributed by atoms with Gasteiger partial charge in [0.05, 0.1) is 5.56 Å². The van der Waals surface area contributed by atoms with E-state index < -0.39 is 5.97 Å². The summed E-state index contributed by atoms with van der Waals surface area (Å²) in [6, 6.07) is 11.7. The van der Waals surface area contributed by atoms with Crippen LogP contribution in [0.5, 0.6) is 5.75 Å². The molecule has 3 aromatic rings. The van der Waals surface area contributed by atoms with Crippen LogP contribution < -0.4 is 4.43 Å². The lowest BCUT2D eigenvalue weighted by molar-refractivity contribution is -0.00655. The highest BCUT2D eigenvalue weighted by atomic mass is 28.2. The van der Waals surface area contributed by atoms with Gasteiger partial charge >= 0.3 is 16.5 Å². The Morgan fingerprint density at radius 3 is 2.03 bits per heavy atom. The van der Waals surface area contributed by atoms with E-state index in [1.54, 1.807) is 12.1 Å². The lowest BCUT2D eigenvalue weighted by atomic mass is 9.46. The summed E-state index contributed by atoms with van der Waals surface area (Å²) in [6.45, 7) is 11.6. The molecule has 0 heterocycles. The Labute approximate surface area is 224 Å². The zero-order valence-corrected chi connectivity index (χ0v) is 23.7. The van der Waals surface area contributed by atoms with Crippen LogP contribution in [0.3, 0.4) is 0 Å². The summed E-state index contributed by atoms with van der Waals surface area (Å²) in [5, 5.41) is 11.4. The minimum atomic E-state index is -0.898. The van der Waals surface area contributed by atoms with Crippen molar-refractivity contribution >= 4 is 27.2 Å². The average Bonchev–Trinajstić information content (AvgIpc) is 2.82. The summed E-state index contributed by atoms with van der Waals surface area (Å²) in [6.07, 6.45) is 8.07. The molecule has 4 bridgehead atoms. The smallest absolute Gasteiger partial charge is 0.341 e. The number of carbonyl (C=O) groups is 1. The van der Waals surface area contributed by atoms with Crippen LogP contribution in [0.25, 0.3) is 21.9 Å². The zero-order chi connectivity index (χ0) is 26.3. The third kappa shape index (κ3) is 3.86. The van der Waals surface area contributed by atoms with E-state index in [9.17, 15) is 9.90 Å². The quantitative estimate of drug-likeness (QED) is 0.362. The molecule has 0 aromatic heterocycles. The molecule has 3 aromatic carbocycles. The van der Waals surface area contributed by atoms with Crippen LogP contribution in [0.1, 0.15) is 91.9 Å². The molecule has 4 heteroatoms. The van der Waals surface area contributed by atoms with Gasteiger partial charge in [-0.05, 0) is 127 Å². The zero-order valence-electron chi connectivity index (χ0n) is 22.7. The molecule has 0 atom stereocenters. The Morgan fingerprint density at radius 2 is 1.49 bits per heavy atom. The van der Waals surface area contributed by atoms with Crippen molar-refractivity contribution in [2.45, 2.75) is 84.0 Å². The van der Waals surface area contributed by atoms with E-state index in [0.29, 0.717) is 5.56 Å². The van der Waals surface area contributed by atoms with Crippen LogP contribution in [0.4, 0.5) is 0 Å². The molecule has 0 unspecified atom stereocenters. The first-order chi connectivity index (χ1) is 17.5. The molecule has 0 saturated heterocycles. The normalized spacial score (nSPS) is 26.6. The molecule has 7 rings (SSSR count). The maximum Gasteiger partial charge on any atom is 0.341 e. The summed E-state index contributed by atoms with van der Waals surface area (Å²) in [7, 11) is 3.57. The number of benzene rings is 3. The number of aromatic carboxylic acids is 1. The topological polar surface area (TPSA) is 46.5 Å². The molecule has 0 spiro atoms. The third-order valence-electron chi connectivity index (χ3n) is 9.81. The molecular weight excluding hydrogens is 472 g/mol. The molecule has 37 heavy (non-hydrogen) atoms. The van der Waals surface area contributed by atoms with Crippen LogP contribution in [-0.4, -0.2) is 21.6 Å². The molecule has 0 aliphatic heterocycles. The van der Waals surface area contributed by atoms with Crippen molar-refractivity contribution in [3.05, 3.63) is 64.2 Å². The second kappa shape index (κ2) is 8.46. The van der Waals surface area contributed by atoms with Gasteiger partial charge in [-0.15, -0.1) is 0 Å². The summed E-state index contributed by atoms with van der Waals surface area (Å²) < 4.78 is 6.28. The predicted molar refractivity (Wildman–Crippen MR) is 151 cm³/mol. The van der Waals surface area contributed by atoms with E-state index in [1.165, 1.54) is 60.8 Å². The van der Waals surface area contributed by atoms with Gasteiger partial charge in [-0.25, -0.2) is 4.79 Å². The monoisotopic (exact) mass is 509 g/mol. The molecule has 4 aliphatic rings. The van der Waals surface area contributed by atoms with Gasteiger partial charge in [0.25, 0.3) is 0 Å². The molecule has 0 amide bonds. The lowest BCUT2D eigenvalue weighted by Crippen LogP contribution is -2.49. The summed E-state index contributed by atoms with van der Waals surface area (Å²) in [5.74, 6) is 2.63. The number of fused-ring (bicyclic) bond motifs is 1. The molecule has 3 radical (unpaired) electrons. The highest BCUT2D eigenvalue weighted by Crippen LogP contribution is 2.64. The first-order valence-corrected chi connectivity index (χ1v) is 14.2. The van der Waals surface area contributed by atoms with Crippen LogP contribution >= 0.6 is 0 Å². The standard InChI is InChI=1S/C33H37O3Si/c1-18-19(2)28(32(3,4)5)29(33-15-20-10-21(16-33)12-22(11-20)17-33)30(36-37)27(18)25-8-6-24-14-26(31(34)35)9-7-23(24)13-25/h6-9,13-14,20-22H,10-12,15-17H2,1-5H3,(H,34,35). The van der Waals surface area contributed by atoms with E-state index in [0.717, 1.165) is 45.4 Å². The minimum Gasteiger partial charge on any atom is -0.540 e. The Bertz CT molecular complexity index is 1390. The van der Waals surface area contributed by atoms with Crippen LogP contribution in [-0.2, 0) is 10.8 Å². The largest absolute Gasteiger partial charge is 0.540 e. The molecule has 191 valence electrons. The Kier molecular flexibility index (Phi) is 5.65. The van der Waals surface area contributed by atoms with Crippen LogP contribution in [0, 0.1) is 31.6 Å². The molecule has 4 aliphatic carbocycles. The SMILES string of the molecule is Cc1c(C)c(C(C)(C)C)c(C23CC4CC(CC(C4)C2)C3)c(O[Si])c1-c1ccc2cc(C(=O)O)ccc2c1. The van der Waals surface area contributed by atoms with Crippen LogP contribution in [0.2, 0.25) is 0 Å². The average molecular weight is 510 g/mol. The van der Waals surface area contributed by atoms with Crippen molar-refractivity contribution in [1.82, 2.24) is 0 Å². The maximum absolute atomic E-state index is 11.5. The Morgan fingerprint density at radius 1 is 0.919 bits per heavy atom. The van der Waals surface area contributed by atoms with E-state index in [-0.39, 0.29) is 10.8 Å². The third-order valence-corrected chi connectivity index (χ3v) is 10.0. The van der Waals surface area contributed by atoms with Gasteiger partial charge in [0, 0.05) is 16.5 Å². The maximum atomic E-state index is 11.5. The fourth-order valence-electron chi connectivity index (χ4n) is 8.82. The number of carboxylic acids is 1. The lowest BCUT2D eigenvalue weighted by Gasteiger charge is -2.58. The molecular formula is C33H37O3Si. The van der Waals surface area contributed by atoms with E-state index >= 15 is 0 Å². The molecule has 3 nitrogen and oxygen atoms in total. The highest BCUT2D eigenvalue weighted by Gasteiger charge is 2.54. The van der Waals surface area contributed by atoms with Crippen molar-refractivity contribution in [2.24, 2.45) is 17.8 Å².